The number of benzene rings is 2. The van der Waals surface area contributed by atoms with Crippen LogP contribution in [0.1, 0.15) is 30.5 Å². The number of fused-ring (bicyclic) bond motifs is 1. The number of carbonyl (C=O) groups is 1. The lowest BCUT2D eigenvalue weighted by Gasteiger charge is -2.13. The van der Waals surface area contributed by atoms with Crippen molar-refractivity contribution in [1.29, 1.82) is 0 Å². The van der Waals surface area contributed by atoms with E-state index >= 15 is 0 Å². The minimum absolute atomic E-state index is 0.0721. The van der Waals surface area contributed by atoms with Crippen LogP contribution >= 0.6 is 0 Å². The van der Waals surface area contributed by atoms with E-state index in [0.29, 0.717) is 5.57 Å². The third kappa shape index (κ3) is 4.12. The Hall–Kier alpha value is -2.85. The summed E-state index contributed by atoms with van der Waals surface area (Å²) in [5.74, 6) is -0.157. The monoisotopic (exact) mass is 362 g/mol. The number of rotatable bonds is 5. The Balaban J connectivity index is 1.92. The summed E-state index contributed by atoms with van der Waals surface area (Å²) >= 11 is 0. The second-order valence-corrected chi connectivity index (χ2v) is 7.19. The van der Waals surface area contributed by atoms with Crippen molar-refractivity contribution in [2.45, 2.75) is 33.7 Å². The zero-order chi connectivity index (χ0) is 19.6. The second-order valence-electron chi connectivity index (χ2n) is 7.19. The highest BCUT2D eigenvalue weighted by molar-refractivity contribution is 5.97. The Labute approximate surface area is 159 Å². The zero-order valence-corrected chi connectivity index (χ0v) is 16.3. The van der Waals surface area contributed by atoms with Crippen LogP contribution in [0.2, 0.25) is 0 Å². The number of nitrogens with one attached hydrogen (secondary N) is 2. The Morgan fingerprint density at radius 2 is 1.96 bits per heavy atom. The van der Waals surface area contributed by atoms with Crippen LogP contribution in [0, 0.1) is 13.8 Å². The number of hydrogen-bond donors (Lipinski definition) is 3. The van der Waals surface area contributed by atoms with E-state index in [2.05, 4.69) is 60.5 Å². The van der Waals surface area contributed by atoms with Crippen LogP contribution in [0.4, 0.5) is 0 Å². The van der Waals surface area contributed by atoms with Gasteiger partial charge >= 0.3 is 0 Å². The number of aromatic nitrogens is 1. The zero-order valence-electron chi connectivity index (χ0n) is 16.3. The molecular formula is C23H26N2O2. The molecule has 0 bridgehead atoms. The van der Waals surface area contributed by atoms with Crippen molar-refractivity contribution in [2.75, 3.05) is 6.61 Å². The number of amides is 1. The van der Waals surface area contributed by atoms with Crippen LogP contribution in [-0.4, -0.2) is 28.6 Å². The van der Waals surface area contributed by atoms with Gasteiger partial charge in [0.1, 0.15) is 0 Å². The van der Waals surface area contributed by atoms with Gasteiger partial charge in [0.05, 0.1) is 6.61 Å². The van der Waals surface area contributed by atoms with Gasteiger partial charge in [-0.25, -0.2) is 0 Å². The van der Waals surface area contributed by atoms with E-state index in [0.717, 1.165) is 16.6 Å². The quantitative estimate of drug-likeness (QED) is 0.591. The molecule has 140 valence electrons. The van der Waals surface area contributed by atoms with Gasteiger partial charge in [0.25, 0.3) is 0 Å². The van der Waals surface area contributed by atoms with Gasteiger partial charge in [-0.3, -0.25) is 4.79 Å². The molecule has 1 aromatic heterocycles. The number of aromatic amines is 1. The molecule has 0 spiro atoms. The van der Waals surface area contributed by atoms with E-state index < -0.39 is 0 Å². The van der Waals surface area contributed by atoms with Crippen molar-refractivity contribution in [1.82, 2.24) is 10.3 Å². The number of aliphatic hydroxyl groups is 1. The fourth-order valence-corrected chi connectivity index (χ4v) is 3.21. The average Bonchev–Trinajstić information content (AvgIpc) is 3.11. The van der Waals surface area contributed by atoms with Crippen molar-refractivity contribution < 1.29 is 9.90 Å². The summed E-state index contributed by atoms with van der Waals surface area (Å²) in [5.41, 5.74) is 7.45. The van der Waals surface area contributed by atoms with Crippen LogP contribution in [-0.2, 0) is 4.79 Å². The van der Waals surface area contributed by atoms with Gasteiger partial charge < -0.3 is 15.4 Å². The molecule has 0 saturated carbocycles. The predicted molar refractivity (Wildman–Crippen MR) is 112 cm³/mol. The van der Waals surface area contributed by atoms with Crippen molar-refractivity contribution in [3.63, 3.8) is 0 Å². The fourth-order valence-electron chi connectivity index (χ4n) is 3.21. The first-order valence-corrected chi connectivity index (χ1v) is 9.18. The minimum atomic E-state index is -0.255. The lowest BCUT2D eigenvalue weighted by molar-refractivity contribution is -0.118. The molecule has 0 aliphatic carbocycles. The molecule has 0 fully saturated rings. The highest BCUT2D eigenvalue weighted by atomic mass is 16.3. The van der Waals surface area contributed by atoms with Crippen LogP contribution in [0.25, 0.3) is 28.1 Å². The van der Waals surface area contributed by atoms with E-state index in [1.54, 1.807) is 13.8 Å². The second kappa shape index (κ2) is 7.80. The summed E-state index contributed by atoms with van der Waals surface area (Å²) in [6, 6.07) is 12.5. The topological polar surface area (TPSA) is 65.1 Å². The first-order valence-electron chi connectivity index (χ1n) is 9.18. The van der Waals surface area contributed by atoms with Crippen molar-refractivity contribution in [3.8, 4) is 11.1 Å². The number of carbonyl (C=O) groups excluding carboxylic acids is 1. The van der Waals surface area contributed by atoms with E-state index in [4.69, 9.17) is 5.11 Å². The molecule has 3 rings (SSSR count). The van der Waals surface area contributed by atoms with E-state index in [1.165, 1.54) is 22.1 Å². The molecule has 4 nitrogen and oxygen atoms in total. The molecule has 0 radical (unpaired) electrons. The highest BCUT2D eigenvalue weighted by Crippen LogP contribution is 2.30. The summed E-state index contributed by atoms with van der Waals surface area (Å²) in [5, 5.41) is 13.1. The summed E-state index contributed by atoms with van der Waals surface area (Å²) in [6.07, 6.45) is 3.85. The summed E-state index contributed by atoms with van der Waals surface area (Å²) < 4.78 is 0. The van der Waals surface area contributed by atoms with Crippen LogP contribution in [0.15, 0.2) is 48.2 Å². The van der Waals surface area contributed by atoms with Gasteiger partial charge in [0.2, 0.25) is 5.91 Å². The first kappa shape index (κ1) is 18.9. The molecule has 2 aromatic carbocycles. The van der Waals surface area contributed by atoms with Crippen molar-refractivity contribution >= 4 is 22.9 Å². The molecular weight excluding hydrogens is 336 g/mol. The number of aliphatic hydroxyl groups excluding tert-OH is 1. The first-order chi connectivity index (χ1) is 12.9. The highest BCUT2D eigenvalue weighted by Gasteiger charge is 2.11. The van der Waals surface area contributed by atoms with Gasteiger partial charge in [-0.05, 0) is 85.2 Å². The van der Waals surface area contributed by atoms with E-state index in [9.17, 15) is 4.79 Å². The molecule has 1 amide bonds. The largest absolute Gasteiger partial charge is 0.394 e. The Morgan fingerprint density at radius 3 is 2.70 bits per heavy atom. The van der Waals surface area contributed by atoms with E-state index in [-0.39, 0.29) is 18.6 Å². The maximum Gasteiger partial charge on any atom is 0.247 e. The smallest absolute Gasteiger partial charge is 0.247 e. The molecule has 0 aliphatic heterocycles. The molecule has 1 heterocycles. The molecule has 0 saturated heterocycles. The van der Waals surface area contributed by atoms with Crippen molar-refractivity contribution in [3.05, 3.63) is 64.9 Å². The Bertz CT molecular complexity index is 1010. The number of aryl methyl sites for hydroxylation is 2. The molecule has 3 N–H and O–H groups in total. The average molecular weight is 362 g/mol. The molecule has 1 atom stereocenters. The molecule has 4 heteroatoms. The molecule has 27 heavy (non-hydrogen) atoms. The lowest BCUT2D eigenvalue weighted by Crippen LogP contribution is -2.35. The van der Waals surface area contributed by atoms with Gasteiger partial charge in [0, 0.05) is 23.3 Å². The van der Waals surface area contributed by atoms with E-state index in [1.807, 2.05) is 12.3 Å². The Kier molecular flexibility index (Phi) is 5.47. The van der Waals surface area contributed by atoms with Crippen LogP contribution in [0.5, 0.6) is 0 Å². The van der Waals surface area contributed by atoms with Gasteiger partial charge in [0.15, 0.2) is 0 Å². The maximum absolute atomic E-state index is 12.2. The van der Waals surface area contributed by atoms with Crippen LogP contribution in [0.3, 0.4) is 0 Å². The summed E-state index contributed by atoms with van der Waals surface area (Å²) in [6.45, 7) is 7.65. The summed E-state index contributed by atoms with van der Waals surface area (Å²) in [7, 11) is 0. The fraction of sp³-hybridized carbons (Fsp3) is 0.261. The van der Waals surface area contributed by atoms with Gasteiger partial charge in [-0.2, -0.15) is 0 Å². The van der Waals surface area contributed by atoms with Gasteiger partial charge in [-0.15, -0.1) is 0 Å². The lowest BCUT2D eigenvalue weighted by atomic mass is 9.93. The summed E-state index contributed by atoms with van der Waals surface area (Å²) in [4.78, 5) is 15.4. The SMILES string of the molecule is C/C(=C\c1cc(C)c(-c2ccc3[nH]ccc3c2)cc1C)C(=O)N[C@@H](C)CO. The number of hydrogen-bond acceptors (Lipinski definition) is 2. The Morgan fingerprint density at radius 1 is 1.19 bits per heavy atom. The normalized spacial score (nSPS) is 13.0. The van der Waals surface area contributed by atoms with Gasteiger partial charge in [-0.1, -0.05) is 18.2 Å². The molecule has 0 aliphatic rings. The standard InChI is InChI=1S/C23H26N2O2/c1-14-11-21(18-5-6-22-19(12-18)7-8-24-22)15(2)9-20(14)10-16(3)23(27)25-17(4)13-26/h5-12,17,24,26H,13H2,1-4H3,(H,25,27)/b16-10+/t17-/m0/s1. The molecule has 3 aromatic rings. The predicted octanol–water partition coefficient (Wildman–Crippen LogP) is 4.35. The minimum Gasteiger partial charge on any atom is -0.394 e. The van der Waals surface area contributed by atoms with Crippen LogP contribution < -0.4 is 5.32 Å². The maximum atomic E-state index is 12.2. The number of H-pyrrole nitrogens is 1. The van der Waals surface area contributed by atoms with Crippen molar-refractivity contribution in [2.24, 2.45) is 0 Å². The third-order valence-electron chi connectivity index (χ3n) is 4.86. The third-order valence-corrected chi connectivity index (χ3v) is 4.86. The molecule has 0 unspecified atom stereocenters.